The van der Waals surface area contributed by atoms with E-state index >= 15 is 0 Å². The highest BCUT2D eigenvalue weighted by molar-refractivity contribution is 6.08. The highest BCUT2D eigenvalue weighted by atomic mass is 16.6. The molecule has 0 atom stereocenters. The zero-order chi connectivity index (χ0) is 19.5. The highest BCUT2D eigenvalue weighted by Crippen LogP contribution is 2.29. The molecule has 0 saturated heterocycles. The van der Waals surface area contributed by atoms with Crippen LogP contribution in [0.4, 0.5) is 15.4 Å². The van der Waals surface area contributed by atoms with Gasteiger partial charge in [-0.15, -0.1) is 0 Å². The van der Waals surface area contributed by atoms with Gasteiger partial charge in [0, 0.05) is 6.20 Å². The van der Waals surface area contributed by atoms with Gasteiger partial charge in [-0.1, -0.05) is 19.3 Å². The second-order valence-corrected chi connectivity index (χ2v) is 8.67. The summed E-state index contributed by atoms with van der Waals surface area (Å²) in [7, 11) is 0. The first-order valence-electron chi connectivity index (χ1n) is 9.01. The molecule has 1 aromatic heterocycles. The summed E-state index contributed by atoms with van der Waals surface area (Å²) in [5.41, 5.74) is -0.757. The number of nitrogens with zero attached hydrogens (tertiary/aromatic N) is 3. The van der Waals surface area contributed by atoms with Crippen molar-refractivity contribution in [3.05, 3.63) is 18.1 Å². The third-order valence-corrected chi connectivity index (χ3v) is 3.78. The van der Waals surface area contributed by atoms with E-state index < -0.39 is 23.4 Å². The van der Waals surface area contributed by atoms with Gasteiger partial charge in [-0.2, -0.15) is 4.90 Å². The van der Waals surface area contributed by atoms with Crippen molar-refractivity contribution in [1.29, 1.82) is 0 Å². The zero-order valence-corrected chi connectivity index (χ0v) is 16.5. The SMILES string of the molecule is CC(C)(C)OC(=O)N(C(=O)OC(C)(C)C)c1cncc(CC2CCC2)n1. The van der Waals surface area contributed by atoms with Gasteiger partial charge in [0.1, 0.15) is 11.2 Å². The molecule has 2 amide bonds. The van der Waals surface area contributed by atoms with Gasteiger partial charge >= 0.3 is 12.2 Å². The first-order valence-corrected chi connectivity index (χ1v) is 9.01. The fourth-order valence-corrected chi connectivity index (χ4v) is 2.47. The topological polar surface area (TPSA) is 81.6 Å². The van der Waals surface area contributed by atoms with Crippen LogP contribution in [-0.4, -0.2) is 33.4 Å². The minimum Gasteiger partial charge on any atom is -0.443 e. The van der Waals surface area contributed by atoms with Crippen LogP contribution in [0, 0.1) is 5.92 Å². The van der Waals surface area contributed by atoms with Crippen LogP contribution in [-0.2, 0) is 15.9 Å². The first kappa shape index (κ1) is 20.1. The summed E-state index contributed by atoms with van der Waals surface area (Å²) in [5, 5.41) is 0. The number of amides is 2. The molecular weight excluding hydrogens is 334 g/mol. The molecule has 1 heterocycles. The molecule has 1 aromatic rings. The predicted octanol–water partition coefficient (Wildman–Crippen LogP) is 4.50. The summed E-state index contributed by atoms with van der Waals surface area (Å²) < 4.78 is 10.7. The molecule has 26 heavy (non-hydrogen) atoms. The summed E-state index contributed by atoms with van der Waals surface area (Å²) in [6, 6.07) is 0. The minimum absolute atomic E-state index is 0.116. The summed E-state index contributed by atoms with van der Waals surface area (Å²) >= 11 is 0. The lowest BCUT2D eigenvalue weighted by molar-refractivity contribution is 0.0429. The van der Waals surface area contributed by atoms with E-state index in [1.807, 2.05) is 0 Å². The Kier molecular flexibility index (Phi) is 5.88. The largest absolute Gasteiger partial charge is 0.443 e. The molecule has 0 aromatic carbocycles. The molecule has 1 aliphatic rings. The third-order valence-electron chi connectivity index (χ3n) is 3.78. The van der Waals surface area contributed by atoms with E-state index in [0.717, 1.165) is 17.0 Å². The molecule has 0 N–H and O–H groups in total. The molecular formula is C19H29N3O4. The van der Waals surface area contributed by atoms with Crippen molar-refractivity contribution in [2.75, 3.05) is 4.90 Å². The highest BCUT2D eigenvalue weighted by Gasteiger charge is 2.34. The third kappa shape index (κ3) is 5.97. The number of rotatable bonds is 3. The standard InChI is InChI=1S/C19H29N3O4/c1-18(2,3)25-16(23)22(17(24)26-19(4,5)6)15-12-20-11-14(21-15)10-13-8-7-9-13/h11-13H,7-10H2,1-6H3. The van der Waals surface area contributed by atoms with Gasteiger partial charge in [-0.25, -0.2) is 14.6 Å². The van der Waals surface area contributed by atoms with Gasteiger partial charge in [0.25, 0.3) is 0 Å². The Labute approximate surface area is 155 Å². The summed E-state index contributed by atoms with van der Waals surface area (Å²) in [4.78, 5) is 34.7. The lowest BCUT2D eigenvalue weighted by Crippen LogP contribution is -2.44. The molecule has 0 aliphatic heterocycles. The quantitative estimate of drug-likeness (QED) is 0.786. The van der Waals surface area contributed by atoms with Gasteiger partial charge in [0.2, 0.25) is 0 Å². The van der Waals surface area contributed by atoms with E-state index in [9.17, 15) is 9.59 Å². The van der Waals surface area contributed by atoms with Crippen molar-refractivity contribution in [1.82, 2.24) is 9.97 Å². The fourth-order valence-electron chi connectivity index (χ4n) is 2.47. The van der Waals surface area contributed by atoms with E-state index in [0.29, 0.717) is 5.92 Å². The van der Waals surface area contributed by atoms with Crippen molar-refractivity contribution >= 4 is 18.0 Å². The molecule has 0 unspecified atom stereocenters. The van der Waals surface area contributed by atoms with Gasteiger partial charge < -0.3 is 9.47 Å². The molecule has 7 heteroatoms. The average Bonchev–Trinajstić information content (AvgIpc) is 2.39. The van der Waals surface area contributed by atoms with Gasteiger partial charge in [-0.05, 0) is 53.9 Å². The van der Waals surface area contributed by atoms with E-state index in [2.05, 4.69) is 9.97 Å². The lowest BCUT2D eigenvalue weighted by atomic mass is 9.82. The van der Waals surface area contributed by atoms with E-state index in [-0.39, 0.29) is 5.82 Å². The van der Waals surface area contributed by atoms with Gasteiger partial charge in [0.05, 0.1) is 11.9 Å². The second-order valence-electron chi connectivity index (χ2n) is 8.67. The van der Waals surface area contributed by atoms with Crippen molar-refractivity contribution in [3.63, 3.8) is 0 Å². The van der Waals surface area contributed by atoms with Crippen LogP contribution in [0.1, 0.15) is 66.5 Å². The number of hydrogen-bond donors (Lipinski definition) is 0. The van der Waals surface area contributed by atoms with Crippen molar-refractivity contribution in [2.45, 2.75) is 78.4 Å². The van der Waals surface area contributed by atoms with Crippen molar-refractivity contribution in [2.24, 2.45) is 5.92 Å². The Balaban J connectivity index is 2.28. The molecule has 7 nitrogen and oxygen atoms in total. The summed E-state index contributed by atoms with van der Waals surface area (Å²) in [5.74, 6) is 0.710. The number of carbonyl (C=O) groups is 2. The maximum Gasteiger partial charge on any atom is 0.425 e. The Bertz CT molecular complexity index is 629. The summed E-state index contributed by atoms with van der Waals surface area (Å²) in [6.07, 6.45) is 5.75. The molecule has 144 valence electrons. The summed E-state index contributed by atoms with van der Waals surface area (Å²) in [6.45, 7) is 10.4. The van der Waals surface area contributed by atoms with Crippen LogP contribution in [0.25, 0.3) is 0 Å². The van der Waals surface area contributed by atoms with Crippen LogP contribution in [0.2, 0.25) is 0 Å². The van der Waals surface area contributed by atoms with Gasteiger partial charge in [0.15, 0.2) is 5.82 Å². The maximum atomic E-state index is 12.6. The molecule has 2 rings (SSSR count). The van der Waals surface area contributed by atoms with Crippen LogP contribution in [0.15, 0.2) is 12.4 Å². The average molecular weight is 363 g/mol. The van der Waals surface area contributed by atoms with Crippen molar-refractivity contribution in [3.8, 4) is 0 Å². The van der Waals surface area contributed by atoms with Crippen LogP contribution < -0.4 is 4.90 Å². The number of anilines is 1. The van der Waals surface area contributed by atoms with Crippen LogP contribution in [0.3, 0.4) is 0 Å². The van der Waals surface area contributed by atoms with E-state index in [1.165, 1.54) is 25.5 Å². The molecule has 0 bridgehead atoms. The second kappa shape index (κ2) is 7.60. The Morgan fingerprint density at radius 2 is 1.58 bits per heavy atom. The van der Waals surface area contributed by atoms with Gasteiger partial charge in [-0.3, -0.25) is 4.98 Å². The zero-order valence-electron chi connectivity index (χ0n) is 16.5. The number of imide groups is 1. The number of carbonyl (C=O) groups excluding carboxylic acids is 2. The first-order chi connectivity index (χ1) is 11.9. The number of hydrogen-bond acceptors (Lipinski definition) is 6. The molecule has 1 fully saturated rings. The smallest absolute Gasteiger partial charge is 0.425 e. The van der Waals surface area contributed by atoms with Crippen LogP contribution in [0.5, 0.6) is 0 Å². The normalized spacial score (nSPS) is 15.2. The molecule has 1 saturated carbocycles. The minimum atomic E-state index is -0.832. The monoisotopic (exact) mass is 363 g/mol. The molecule has 0 spiro atoms. The fraction of sp³-hybridized carbons (Fsp3) is 0.684. The van der Waals surface area contributed by atoms with Crippen molar-refractivity contribution < 1.29 is 19.1 Å². The Hall–Kier alpha value is -2.18. The maximum absolute atomic E-state index is 12.6. The van der Waals surface area contributed by atoms with E-state index in [4.69, 9.17) is 9.47 Å². The molecule has 0 radical (unpaired) electrons. The lowest BCUT2D eigenvalue weighted by Gasteiger charge is -2.28. The van der Waals surface area contributed by atoms with E-state index in [1.54, 1.807) is 47.7 Å². The molecule has 1 aliphatic carbocycles. The predicted molar refractivity (Wildman–Crippen MR) is 98.0 cm³/mol. The number of aromatic nitrogens is 2. The Morgan fingerprint density at radius 1 is 1.04 bits per heavy atom. The van der Waals surface area contributed by atoms with Crippen LogP contribution >= 0.6 is 0 Å². The Morgan fingerprint density at radius 3 is 2.00 bits per heavy atom. The number of ether oxygens (including phenoxy) is 2.